The Kier molecular flexibility index (Phi) is 8.13. The number of hydrogen-bond acceptors (Lipinski definition) is 3. The smallest absolute Gasteiger partial charge is 0.130 e. The van der Waals surface area contributed by atoms with Crippen LogP contribution in [0.1, 0.15) is 42.1 Å². The van der Waals surface area contributed by atoms with Crippen LogP contribution < -0.4 is 17.7 Å². The van der Waals surface area contributed by atoms with Gasteiger partial charge in [-0.3, -0.25) is 0 Å². The zero-order chi connectivity index (χ0) is 16.8. The van der Waals surface area contributed by atoms with E-state index < -0.39 is 6.10 Å². The van der Waals surface area contributed by atoms with Crippen LogP contribution in [0, 0.1) is 0 Å². The van der Waals surface area contributed by atoms with Crippen LogP contribution >= 0.6 is 22.7 Å². The predicted molar refractivity (Wildman–Crippen MR) is 103 cm³/mol. The highest BCUT2D eigenvalue weighted by Gasteiger charge is 2.21. The molecule has 1 aromatic carbocycles. The summed E-state index contributed by atoms with van der Waals surface area (Å²) in [7, 11) is 0. The Labute approximate surface area is 164 Å². The minimum atomic E-state index is -0.424. The first-order valence-corrected chi connectivity index (χ1v) is 10.2. The quantitative estimate of drug-likeness (QED) is 0.589. The molecule has 25 heavy (non-hydrogen) atoms. The topological polar surface area (TPSA) is 36.8 Å². The number of aliphatic hydroxyl groups is 1. The van der Waals surface area contributed by atoms with E-state index >= 15 is 0 Å². The number of quaternary nitrogens is 1. The van der Waals surface area contributed by atoms with E-state index in [1.807, 2.05) is 30.3 Å². The van der Waals surface area contributed by atoms with Gasteiger partial charge in [0.2, 0.25) is 0 Å². The molecule has 0 aliphatic rings. The molecule has 2 nitrogen and oxygen atoms in total. The van der Waals surface area contributed by atoms with Gasteiger partial charge in [-0.25, -0.2) is 0 Å². The Morgan fingerprint density at radius 3 is 2.04 bits per heavy atom. The molecule has 3 aromatic rings. The maximum absolute atomic E-state index is 10.5. The third-order valence-electron chi connectivity index (χ3n) is 4.52. The van der Waals surface area contributed by atoms with Gasteiger partial charge in [0, 0.05) is 12.3 Å². The number of thiophene rings is 2. The molecule has 2 aromatic heterocycles. The molecule has 0 spiro atoms. The largest absolute Gasteiger partial charge is 1.00 e. The van der Waals surface area contributed by atoms with Gasteiger partial charge < -0.3 is 22.8 Å². The predicted octanol–water partition coefficient (Wildman–Crippen LogP) is 1.02. The van der Waals surface area contributed by atoms with Gasteiger partial charge in [0.1, 0.15) is 12.1 Å². The number of rotatable bonds is 8. The average molecular weight is 394 g/mol. The maximum Gasteiger partial charge on any atom is 0.130 e. The summed E-state index contributed by atoms with van der Waals surface area (Å²) in [4.78, 5) is 0. The molecule has 2 unspecified atom stereocenters. The van der Waals surface area contributed by atoms with Gasteiger partial charge in [-0.15, -0.1) is 0 Å². The second-order valence-corrected chi connectivity index (χ2v) is 7.75. The molecule has 0 fully saturated rings. The van der Waals surface area contributed by atoms with Crippen LogP contribution in [0.3, 0.4) is 0 Å². The van der Waals surface area contributed by atoms with Gasteiger partial charge in [-0.1, -0.05) is 30.3 Å². The van der Waals surface area contributed by atoms with Crippen molar-refractivity contribution >= 4 is 22.7 Å². The summed E-state index contributed by atoms with van der Waals surface area (Å²) in [6.45, 7) is 3.10. The van der Waals surface area contributed by atoms with Crippen molar-refractivity contribution in [3.05, 3.63) is 80.7 Å². The van der Waals surface area contributed by atoms with Gasteiger partial charge >= 0.3 is 0 Å². The zero-order valence-electron chi connectivity index (χ0n) is 14.2. The molecule has 134 valence electrons. The van der Waals surface area contributed by atoms with Crippen molar-refractivity contribution in [3.8, 4) is 0 Å². The lowest BCUT2D eigenvalue weighted by Crippen LogP contribution is -3.00. The molecular formula is C20H24ClNOS2. The van der Waals surface area contributed by atoms with E-state index in [9.17, 15) is 5.11 Å². The first-order chi connectivity index (χ1) is 11.8. The Morgan fingerprint density at radius 2 is 1.52 bits per heavy atom. The third kappa shape index (κ3) is 5.40. The summed E-state index contributed by atoms with van der Waals surface area (Å²) in [5.74, 6) is 0.458. The Hall–Kier alpha value is -1.17. The first-order valence-electron chi connectivity index (χ1n) is 8.36. The first kappa shape index (κ1) is 20.1. The van der Waals surface area contributed by atoms with Crippen LogP contribution in [0.25, 0.3) is 0 Å². The summed E-state index contributed by atoms with van der Waals surface area (Å²) < 4.78 is 0. The van der Waals surface area contributed by atoms with E-state index in [4.69, 9.17) is 0 Å². The second-order valence-electron chi connectivity index (χ2n) is 6.19. The van der Waals surface area contributed by atoms with Crippen LogP contribution in [0.15, 0.2) is 64.0 Å². The van der Waals surface area contributed by atoms with E-state index in [1.54, 1.807) is 22.7 Å². The number of aliphatic hydroxyl groups excluding tert-OH is 1. The van der Waals surface area contributed by atoms with Crippen molar-refractivity contribution in [2.45, 2.75) is 31.4 Å². The molecule has 0 aliphatic heterocycles. The molecule has 2 atom stereocenters. The summed E-state index contributed by atoms with van der Waals surface area (Å²) in [5.41, 5.74) is 3.81. The summed E-state index contributed by atoms with van der Waals surface area (Å²) >= 11 is 3.52. The lowest BCUT2D eigenvalue weighted by molar-refractivity contribution is -0.694. The monoisotopic (exact) mass is 393 g/mol. The van der Waals surface area contributed by atoms with Gasteiger partial charge in [-0.2, -0.15) is 22.7 Å². The fourth-order valence-electron chi connectivity index (χ4n) is 3.08. The SMILES string of the molecule is CC([NH2+]CCC(c1ccsc1)c1ccsc1)C(O)c1ccccc1.[Cl-]. The van der Waals surface area contributed by atoms with Crippen molar-refractivity contribution in [1.82, 2.24) is 0 Å². The highest BCUT2D eigenvalue weighted by atomic mass is 35.5. The molecule has 3 rings (SSSR count). The van der Waals surface area contributed by atoms with Gasteiger partial charge in [0.25, 0.3) is 0 Å². The molecule has 0 saturated carbocycles. The van der Waals surface area contributed by atoms with Crippen LogP contribution in [-0.4, -0.2) is 17.7 Å². The summed E-state index contributed by atoms with van der Waals surface area (Å²) in [6.07, 6.45) is 0.659. The van der Waals surface area contributed by atoms with E-state index in [0.29, 0.717) is 5.92 Å². The van der Waals surface area contributed by atoms with Crippen molar-refractivity contribution in [2.75, 3.05) is 6.54 Å². The van der Waals surface area contributed by atoms with Crippen LogP contribution in [0.2, 0.25) is 0 Å². The highest BCUT2D eigenvalue weighted by Crippen LogP contribution is 2.30. The van der Waals surface area contributed by atoms with E-state index in [1.165, 1.54) is 11.1 Å². The molecule has 0 aliphatic carbocycles. The summed E-state index contributed by atoms with van der Waals surface area (Å²) in [5, 5.41) is 21.6. The minimum absolute atomic E-state index is 0. The second kappa shape index (κ2) is 10.1. The maximum atomic E-state index is 10.5. The third-order valence-corrected chi connectivity index (χ3v) is 5.93. The molecular weight excluding hydrogens is 370 g/mol. The number of benzene rings is 1. The molecule has 3 N–H and O–H groups in total. The van der Waals surface area contributed by atoms with E-state index in [0.717, 1.165) is 18.5 Å². The average Bonchev–Trinajstić information content (AvgIpc) is 3.32. The number of hydrogen-bond donors (Lipinski definition) is 2. The number of halogens is 1. The molecule has 2 heterocycles. The van der Waals surface area contributed by atoms with E-state index in [-0.39, 0.29) is 18.4 Å². The molecule has 0 radical (unpaired) electrons. The fraction of sp³-hybridized carbons (Fsp3) is 0.300. The molecule has 0 bridgehead atoms. The lowest BCUT2D eigenvalue weighted by atomic mass is 9.92. The lowest BCUT2D eigenvalue weighted by Gasteiger charge is -2.20. The number of nitrogens with two attached hydrogens (primary N) is 1. The summed E-state index contributed by atoms with van der Waals surface area (Å²) in [6, 6.07) is 14.5. The highest BCUT2D eigenvalue weighted by molar-refractivity contribution is 7.08. The van der Waals surface area contributed by atoms with Gasteiger partial charge in [0.15, 0.2) is 0 Å². The molecule has 0 amide bonds. The molecule has 5 heteroatoms. The fourth-order valence-corrected chi connectivity index (χ4v) is 4.51. The van der Waals surface area contributed by atoms with Crippen molar-refractivity contribution in [3.63, 3.8) is 0 Å². The Morgan fingerprint density at radius 1 is 0.920 bits per heavy atom. The van der Waals surface area contributed by atoms with E-state index in [2.05, 4.69) is 45.9 Å². The molecule has 0 saturated heterocycles. The standard InChI is InChI=1S/C20H23NOS2.ClH/c1-15(20(22)16-5-3-2-4-6-16)21-10-7-19(17-8-11-23-13-17)18-9-12-24-14-18;/h2-6,8-9,11-15,19-22H,7,10H2,1H3;1H. The van der Waals surface area contributed by atoms with Gasteiger partial charge in [-0.05, 0) is 57.3 Å². The normalized spacial score (nSPS) is 13.4. The van der Waals surface area contributed by atoms with Gasteiger partial charge in [0.05, 0.1) is 6.54 Å². The minimum Gasteiger partial charge on any atom is -1.00 e. The van der Waals surface area contributed by atoms with Crippen molar-refractivity contribution < 1.29 is 22.8 Å². The van der Waals surface area contributed by atoms with Crippen molar-refractivity contribution in [2.24, 2.45) is 0 Å². The van der Waals surface area contributed by atoms with Crippen LogP contribution in [-0.2, 0) is 0 Å². The van der Waals surface area contributed by atoms with Crippen LogP contribution in [0.5, 0.6) is 0 Å². The van der Waals surface area contributed by atoms with Crippen LogP contribution in [0.4, 0.5) is 0 Å². The zero-order valence-corrected chi connectivity index (χ0v) is 16.6. The van der Waals surface area contributed by atoms with Crippen molar-refractivity contribution in [1.29, 1.82) is 0 Å². The Balaban J connectivity index is 0.00000225. The Bertz CT molecular complexity index is 666.